The number of thioether (sulfide) groups is 1. The highest BCUT2D eigenvalue weighted by Gasteiger charge is 2.33. The molecule has 2 aliphatic rings. The van der Waals surface area contributed by atoms with E-state index >= 15 is 0 Å². The third kappa shape index (κ3) is 15.2. The van der Waals surface area contributed by atoms with Gasteiger partial charge in [0.15, 0.2) is 6.23 Å². The predicted octanol–water partition coefficient (Wildman–Crippen LogP) is 9.49. The summed E-state index contributed by atoms with van der Waals surface area (Å²) in [6.07, 6.45) is 2.02. The van der Waals surface area contributed by atoms with E-state index in [1.807, 2.05) is 91.0 Å². The van der Waals surface area contributed by atoms with Crippen molar-refractivity contribution in [1.82, 2.24) is 14.9 Å². The molecule has 0 radical (unpaired) electrons. The van der Waals surface area contributed by atoms with Gasteiger partial charge >= 0.3 is 24.9 Å². The number of nitro benzene ring substituents is 1. The van der Waals surface area contributed by atoms with Crippen LogP contribution in [0.2, 0.25) is 5.02 Å². The number of rotatable bonds is 23. The summed E-state index contributed by atoms with van der Waals surface area (Å²) in [5.74, 6) is 0.341. The van der Waals surface area contributed by atoms with Crippen LogP contribution >= 0.6 is 48.3 Å². The Kier molecular flexibility index (Phi) is 22.4. The first-order chi connectivity index (χ1) is 33.1. The number of piperazine rings is 1. The number of likely N-dealkylation sites (tertiary alicyclic amines) is 1. The number of anilines is 2. The molecule has 0 aromatic heterocycles. The third-order valence-electron chi connectivity index (χ3n) is 12.2. The number of nitrogens with zero attached hydrogens (tertiary/aromatic N) is 4. The lowest BCUT2D eigenvalue weighted by Gasteiger charge is -2.39. The van der Waals surface area contributed by atoms with Gasteiger partial charge in [-0.15, -0.1) is 11.8 Å². The van der Waals surface area contributed by atoms with E-state index in [0.717, 1.165) is 59.7 Å². The van der Waals surface area contributed by atoms with Crippen molar-refractivity contribution in [3.63, 3.8) is 0 Å². The van der Waals surface area contributed by atoms with Crippen molar-refractivity contribution >= 4 is 76.5 Å². The van der Waals surface area contributed by atoms with Crippen LogP contribution in [0.4, 0.5) is 17.1 Å². The van der Waals surface area contributed by atoms with E-state index in [1.165, 1.54) is 18.2 Å². The Bertz CT molecular complexity index is 2530. The molecular weight excluding hydrogens is 997 g/mol. The average Bonchev–Trinajstić information content (AvgIpc) is 3.37. The Morgan fingerprint density at radius 1 is 0.886 bits per heavy atom. The number of carbonyl (C=O) groups is 1. The van der Waals surface area contributed by atoms with Gasteiger partial charge in [-0.1, -0.05) is 66.2 Å². The van der Waals surface area contributed by atoms with Crippen LogP contribution in [0.3, 0.4) is 0 Å². The summed E-state index contributed by atoms with van der Waals surface area (Å²) < 4.78 is 53.7. The maximum Gasteiger partial charge on any atom is 0.329 e. The van der Waals surface area contributed by atoms with Gasteiger partial charge in [0.05, 0.1) is 23.4 Å². The molecule has 0 saturated carbocycles. The Labute approximate surface area is 420 Å². The summed E-state index contributed by atoms with van der Waals surface area (Å²) in [6, 6.07) is 36.4. The van der Waals surface area contributed by atoms with Gasteiger partial charge in [-0.05, 0) is 117 Å². The number of benzene rings is 5. The summed E-state index contributed by atoms with van der Waals surface area (Å²) >= 11 is 7.81. The lowest BCUT2D eigenvalue weighted by atomic mass is 9.97. The largest absolute Gasteiger partial charge is 0.412 e. The molecule has 2 unspecified atom stereocenters. The van der Waals surface area contributed by atoms with Crippen LogP contribution in [0.15, 0.2) is 126 Å². The maximum absolute atomic E-state index is 14.5. The fourth-order valence-corrected chi connectivity index (χ4v) is 11.9. The van der Waals surface area contributed by atoms with E-state index in [2.05, 4.69) is 25.1 Å². The standard InChI is InChI=1S/C48H54ClN6O9P3S.2H2O/c1-2-63-67(61,41-20-21-45(46(32-41)55(57)58)50-39(34-68-42-8-4-3-5-9-42)24-27-52-25-22-35(23-26-52)33-62-65-59)51-47(56)37-14-18-40(19-15-37)53-28-30-54(31-29-53)48(64-66-60)44-11-7-6-10-43(44)36-12-16-38(49)17-13-36;;/h3-21,32,35,39,48,50H,2,22-31,33-34H2,1H3,(H,51,56,61);2*1H2/t39-,48?,67?;;/m1../s1. The molecule has 1 amide bonds. The molecule has 70 heavy (non-hydrogen) atoms. The van der Waals surface area contributed by atoms with Crippen molar-refractivity contribution in [3.8, 4) is 11.1 Å². The fourth-order valence-electron chi connectivity index (χ4n) is 8.51. The summed E-state index contributed by atoms with van der Waals surface area (Å²) in [5, 5.41) is 19.3. The molecule has 5 aromatic carbocycles. The molecule has 0 spiro atoms. The highest BCUT2D eigenvalue weighted by atomic mass is 35.5. The topological polar surface area (TPSA) is 236 Å². The normalized spacial score (nSPS) is 16.3. The zero-order valence-electron chi connectivity index (χ0n) is 38.6. The van der Waals surface area contributed by atoms with Crippen LogP contribution in [0.25, 0.3) is 11.1 Å². The second-order valence-corrected chi connectivity index (χ2v) is 20.9. The summed E-state index contributed by atoms with van der Waals surface area (Å²) in [4.78, 5) is 33.6. The van der Waals surface area contributed by atoms with Crippen molar-refractivity contribution in [1.29, 1.82) is 0 Å². The van der Waals surface area contributed by atoms with Crippen molar-refractivity contribution in [2.75, 3.05) is 75.0 Å². The molecule has 17 nitrogen and oxygen atoms in total. The van der Waals surface area contributed by atoms with Crippen LogP contribution in [-0.4, -0.2) is 102 Å². The third-order valence-corrected chi connectivity index (χ3v) is 16.2. The average molecular weight is 1060 g/mol. The summed E-state index contributed by atoms with van der Waals surface area (Å²) in [5.41, 5.74) is 3.90. The Balaban J connectivity index is 0.00000456. The zero-order chi connectivity index (χ0) is 47.9. The molecule has 2 heterocycles. The van der Waals surface area contributed by atoms with Gasteiger partial charge in [0.1, 0.15) is 5.69 Å². The fraction of sp³-hybridized carbons (Fsp3) is 0.354. The van der Waals surface area contributed by atoms with Crippen molar-refractivity contribution in [2.45, 2.75) is 43.4 Å². The SMILES string of the molecule is CCOP(=O)(NC(=O)c1ccc(N2CCN(C(OP=O)c3ccccc3-c3ccc(Cl)cc3)CC2)cc1)c1ccc(N[C@H](CCN2CCC(COP=O)CC2)CSc2ccccc2)c([N+](=O)[O-])c1.O.O. The summed E-state index contributed by atoms with van der Waals surface area (Å²) in [6.45, 7) is 7.07. The number of nitrogens with one attached hydrogen (secondary N) is 2. The van der Waals surface area contributed by atoms with E-state index < -0.39 is 33.3 Å². The summed E-state index contributed by atoms with van der Waals surface area (Å²) in [7, 11) is -4.88. The number of hydrogen-bond acceptors (Lipinski definition) is 14. The molecule has 2 fully saturated rings. The highest BCUT2D eigenvalue weighted by Crippen LogP contribution is 2.44. The zero-order valence-corrected chi connectivity index (χ0v) is 42.8. The van der Waals surface area contributed by atoms with Gasteiger partial charge < -0.3 is 30.6 Å². The maximum atomic E-state index is 14.5. The second kappa shape index (κ2) is 27.8. The monoisotopic (exact) mass is 1050 g/mol. The molecule has 0 aliphatic carbocycles. The van der Waals surface area contributed by atoms with Gasteiger partial charge in [0, 0.05) is 77.3 Å². The van der Waals surface area contributed by atoms with E-state index in [9.17, 15) is 28.6 Å². The quantitative estimate of drug-likeness (QED) is 0.0268. The van der Waals surface area contributed by atoms with E-state index in [0.29, 0.717) is 55.9 Å². The van der Waals surface area contributed by atoms with Crippen LogP contribution < -0.4 is 20.6 Å². The van der Waals surface area contributed by atoms with Gasteiger partial charge in [0.25, 0.3) is 11.6 Å². The van der Waals surface area contributed by atoms with Crippen molar-refractivity contribution in [3.05, 3.63) is 148 Å². The van der Waals surface area contributed by atoms with Crippen molar-refractivity contribution in [2.24, 2.45) is 5.92 Å². The molecule has 2 saturated heterocycles. The smallest absolute Gasteiger partial charge is 0.329 e. The molecule has 6 N–H and O–H groups in total. The first-order valence-corrected chi connectivity index (χ1v) is 26.9. The first-order valence-electron chi connectivity index (χ1n) is 22.5. The Morgan fingerprint density at radius 2 is 1.57 bits per heavy atom. The minimum atomic E-state index is -4.15. The van der Waals surface area contributed by atoms with Crippen LogP contribution in [0, 0.1) is 16.0 Å². The molecule has 22 heteroatoms. The molecule has 5 aromatic rings. The second-order valence-electron chi connectivity index (χ2n) is 16.5. The highest BCUT2D eigenvalue weighted by molar-refractivity contribution is 7.99. The molecular formula is C48H58ClN6O11P3S. The number of hydrogen-bond donors (Lipinski definition) is 2. The molecule has 2 aliphatic heterocycles. The lowest BCUT2D eigenvalue weighted by Crippen LogP contribution is -2.48. The Hall–Kier alpha value is -4.64. The number of amides is 1. The van der Waals surface area contributed by atoms with Gasteiger partial charge in [0.2, 0.25) is 0 Å². The molecule has 0 bridgehead atoms. The minimum absolute atomic E-state index is 0. The number of carbonyl (C=O) groups excluding carboxylic acids is 1. The lowest BCUT2D eigenvalue weighted by molar-refractivity contribution is -0.383. The van der Waals surface area contributed by atoms with E-state index in [4.69, 9.17) is 25.2 Å². The molecule has 374 valence electrons. The Morgan fingerprint density at radius 3 is 2.23 bits per heavy atom. The van der Waals surface area contributed by atoms with Crippen molar-refractivity contribution < 1.29 is 47.9 Å². The van der Waals surface area contributed by atoms with Gasteiger partial charge in [-0.2, -0.15) is 0 Å². The molecule has 3 atom stereocenters. The van der Waals surface area contributed by atoms with Gasteiger partial charge in [-0.25, -0.2) is 9.13 Å². The molecule has 7 rings (SSSR count). The number of nitro groups is 1. The first kappa shape index (κ1) is 56.3. The van der Waals surface area contributed by atoms with Gasteiger partial charge in [-0.3, -0.25) is 38.5 Å². The minimum Gasteiger partial charge on any atom is -0.412 e. The predicted molar refractivity (Wildman–Crippen MR) is 277 cm³/mol. The number of halogens is 1. The van der Waals surface area contributed by atoms with Crippen LogP contribution in [0.5, 0.6) is 0 Å². The number of piperidine rings is 1. The van der Waals surface area contributed by atoms with Crippen LogP contribution in [-0.2, 0) is 27.3 Å². The van der Waals surface area contributed by atoms with E-state index in [-0.39, 0.29) is 54.5 Å². The van der Waals surface area contributed by atoms with E-state index in [1.54, 1.807) is 30.8 Å². The van der Waals surface area contributed by atoms with Crippen LogP contribution in [0.1, 0.15) is 48.3 Å².